The number of hydrogen-bond donors (Lipinski definition) is 0. The van der Waals surface area contributed by atoms with E-state index in [1.54, 1.807) is 12.1 Å². The molecule has 0 bridgehead atoms. The zero-order chi connectivity index (χ0) is 18.5. The molecule has 0 atom stereocenters. The van der Waals surface area contributed by atoms with Crippen LogP contribution in [-0.2, 0) is 0 Å². The minimum Gasteiger partial charge on any atom is -0.494 e. The predicted octanol–water partition coefficient (Wildman–Crippen LogP) is 8.27. The van der Waals surface area contributed by atoms with Crippen LogP contribution in [0.25, 0.3) is 0 Å². The van der Waals surface area contributed by atoms with Crippen molar-refractivity contribution in [2.45, 2.75) is 58.3 Å². The van der Waals surface area contributed by atoms with Crippen LogP contribution in [0.1, 0.15) is 58.3 Å². The summed E-state index contributed by atoms with van der Waals surface area (Å²) in [7, 11) is 0. The highest BCUT2D eigenvalue weighted by Gasteiger charge is 1.97. The average Bonchev–Trinajstić information content (AvgIpc) is 2.67. The zero-order valence-electron chi connectivity index (χ0n) is 15.7. The molecule has 0 aliphatic heterocycles. The van der Waals surface area contributed by atoms with Crippen molar-refractivity contribution < 1.29 is 4.74 Å². The molecule has 140 valence electrons. The molecule has 0 saturated carbocycles. The third kappa shape index (κ3) is 8.48. The number of halogens is 1. The van der Waals surface area contributed by atoms with Gasteiger partial charge in [0.15, 0.2) is 0 Å². The molecule has 0 radical (unpaired) electrons. The summed E-state index contributed by atoms with van der Waals surface area (Å²) in [5.41, 5.74) is 1.59. The van der Waals surface area contributed by atoms with Crippen LogP contribution in [0, 0.1) is 0 Å². The lowest BCUT2D eigenvalue weighted by atomic mass is 10.1. The van der Waals surface area contributed by atoms with E-state index in [0.717, 1.165) is 30.2 Å². The Balaban J connectivity index is 1.62. The van der Waals surface area contributed by atoms with Gasteiger partial charge in [0.25, 0.3) is 0 Å². The lowest BCUT2D eigenvalue weighted by Crippen LogP contribution is -1.96. The molecule has 0 amide bonds. The molecular formula is C22H29ClN2O. The van der Waals surface area contributed by atoms with E-state index in [4.69, 9.17) is 16.3 Å². The van der Waals surface area contributed by atoms with Gasteiger partial charge in [0.05, 0.1) is 18.0 Å². The van der Waals surface area contributed by atoms with Crippen molar-refractivity contribution in [3.63, 3.8) is 0 Å². The molecule has 26 heavy (non-hydrogen) atoms. The SMILES string of the molecule is CCCCCCCCCCOc1ccc(N=Nc2ccc(Cl)cc2)cc1. The lowest BCUT2D eigenvalue weighted by Gasteiger charge is -2.06. The van der Waals surface area contributed by atoms with Gasteiger partial charge in [0, 0.05) is 5.02 Å². The van der Waals surface area contributed by atoms with Crippen molar-refractivity contribution >= 4 is 23.0 Å². The van der Waals surface area contributed by atoms with E-state index in [9.17, 15) is 0 Å². The van der Waals surface area contributed by atoms with E-state index >= 15 is 0 Å². The molecular weight excluding hydrogens is 344 g/mol. The van der Waals surface area contributed by atoms with Crippen molar-refractivity contribution in [1.29, 1.82) is 0 Å². The Bertz CT molecular complexity index is 638. The molecule has 2 aromatic rings. The maximum atomic E-state index is 5.86. The Morgan fingerprint density at radius 3 is 1.77 bits per heavy atom. The van der Waals surface area contributed by atoms with Crippen LogP contribution in [0.15, 0.2) is 58.8 Å². The molecule has 0 spiro atoms. The van der Waals surface area contributed by atoms with E-state index < -0.39 is 0 Å². The number of nitrogens with zero attached hydrogens (tertiary/aromatic N) is 2. The first-order valence-electron chi connectivity index (χ1n) is 9.68. The van der Waals surface area contributed by atoms with E-state index in [2.05, 4.69) is 17.2 Å². The number of hydrogen-bond acceptors (Lipinski definition) is 3. The number of rotatable bonds is 12. The van der Waals surface area contributed by atoms with E-state index in [1.807, 2.05) is 36.4 Å². The van der Waals surface area contributed by atoms with Crippen LogP contribution in [0.5, 0.6) is 5.75 Å². The predicted molar refractivity (Wildman–Crippen MR) is 110 cm³/mol. The second-order valence-electron chi connectivity index (χ2n) is 6.49. The van der Waals surface area contributed by atoms with Crippen molar-refractivity contribution in [2.75, 3.05) is 6.61 Å². The summed E-state index contributed by atoms with van der Waals surface area (Å²) in [6.07, 6.45) is 10.5. The van der Waals surface area contributed by atoms with Crippen LogP contribution in [0.3, 0.4) is 0 Å². The third-order valence-corrected chi connectivity index (χ3v) is 4.46. The highest BCUT2D eigenvalue weighted by molar-refractivity contribution is 6.30. The van der Waals surface area contributed by atoms with Gasteiger partial charge < -0.3 is 4.74 Å². The van der Waals surface area contributed by atoms with Gasteiger partial charge in [-0.3, -0.25) is 0 Å². The second-order valence-corrected chi connectivity index (χ2v) is 6.93. The lowest BCUT2D eigenvalue weighted by molar-refractivity contribution is 0.304. The van der Waals surface area contributed by atoms with Crippen molar-refractivity contribution in [2.24, 2.45) is 10.2 Å². The summed E-state index contributed by atoms with van der Waals surface area (Å²) in [6, 6.07) is 15.0. The molecule has 0 saturated heterocycles. The fourth-order valence-electron chi connectivity index (χ4n) is 2.66. The Morgan fingerprint density at radius 2 is 1.19 bits per heavy atom. The van der Waals surface area contributed by atoms with Gasteiger partial charge in [-0.25, -0.2) is 0 Å². The molecule has 0 aromatic heterocycles. The minimum atomic E-state index is 0.696. The highest BCUT2D eigenvalue weighted by atomic mass is 35.5. The standard InChI is InChI=1S/C22H29ClN2O/c1-2-3-4-5-6-7-8-9-18-26-22-16-14-21(15-17-22)25-24-20-12-10-19(23)11-13-20/h10-17H,2-9,18H2,1H3. The Hall–Kier alpha value is -1.87. The number of benzene rings is 2. The second kappa shape index (κ2) is 12.5. The summed E-state index contributed by atoms with van der Waals surface area (Å²) >= 11 is 5.86. The summed E-state index contributed by atoms with van der Waals surface area (Å²) < 4.78 is 5.80. The quantitative estimate of drug-likeness (QED) is 0.272. The monoisotopic (exact) mass is 372 g/mol. The van der Waals surface area contributed by atoms with Crippen LogP contribution >= 0.6 is 11.6 Å². The highest BCUT2D eigenvalue weighted by Crippen LogP contribution is 2.22. The Labute approximate surface area is 162 Å². The first-order chi connectivity index (χ1) is 12.8. The molecule has 4 heteroatoms. The third-order valence-electron chi connectivity index (χ3n) is 4.21. The van der Waals surface area contributed by atoms with Crippen molar-refractivity contribution in [3.05, 3.63) is 53.6 Å². The molecule has 0 aliphatic carbocycles. The van der Waals surface area contributed by atoms with E-state index in [1.165, 1.54) is 44.9 Å². The molecule has 0 heterocycles. The molecule has 0 N–H and O–H groups in total. The van der Waals surface area contributed by atoms with Gasteiger partial charge in [-0.05, 0) is 55.0 Å². The van der Waals surface area contributed by atoms with Gasteiger partial charge in [0.2, 0.25) is 0 Å². The van der Waals surface area contributed by atoms with Gasteiger partial charge in [-0.1, -0.05) is 63.5 Å². The van der Waals surface area contributed by atoms with Gasteiger partial charge in [-0.15, -0.1) is 0 Å². The number of unbranched alkanes of at least 4 members (excludes halogenated alkanes) is 7. The van der Waals surface area contributed by atoms with Gasteiger partial charge >= 0.3 is 0 Å². The first-order valence-corrected chi connectivity index (χ1v) is 10.1. The van der Waals surface area contributed by atoms with Crippen LogP contribution in [0.2, 0.25) is 5.02 Å². The Kier molecular flexibility index (Phi) is 9.81. The fourth-order valence-corrected chi connectivity index (χ4v) is 2.78. The summed E-state index contributed by atoms with van der Waals surface area (Å²) in [5, 5.41) is 9.12. The van der Waals surface area contributed by atoms with Crippen LogP contribution < -0.4 is 4.74 Å². The van der Waals surface area contributed by atoms with Crippen LogP contribution in [0.4, 0.5) is 11.4 Å². The number of ether oxygens (including phenoxy) is 1. The minimum absolute atomic E-state index is 0.696. The molecule has 0 aliphatic rings. The summed E-state index contributed by atoms with van der Waals surface area (Å²) in [5.74, 6) is 0.887. The van der Waals surface area contributed by atoms with Crippen molar-refractivity contribution in [3.8, 4) is 5.75 Å². The normalized spacial score (nSPS) is 11.2. The average molecular weight is 373 g/mol. The zero-order valence-corrected chi connectivity index (χ0v) is 16.4. The largest absolute Gasteiger partial charge is 0.494 e. The molecule has 2 rings (SSSR count). The number of azo groups is 1. The van der Waals surface area contributed by atoms with Gasteiger partial charge in [-0.2, -0.15) is 10.2 Å². The molecule has 2 aromatic carbocycles. The first kappa shape index (κ1) is 20.4. The molecule has 0 unspecified atom stereocenters. The topological polar surface area (TPSA) is 34.0 Å². The van der Waals surface area contributed by atoms with E-state index in [-0.39, 0.29) is 0 Å². The maximum Gasteiger partial charge on any atom is 0.119 e. The molecule has 0 fully saturated rings. The maximum absolute atomic E-state index is 5.86. The van der Waals surface area contributed by atoms with Crippen molar-refractivity contribution in [1.82, 2.24) is 0 Å². The summed E-state index contributed by atoms with van der Waals surface area (Å²) in [6.45, 7) is 3.03. The summed E-state index contributed by atoms with van der Waals surface area (Å²) in [4.78, 5) is 0. The fraction of sp³-hybridized carbons (Fsp3) is 0.455. The Morgan fingerprint density at radius 1 is 0.692 bits per heavy atom. The molecule has 3 nitrogen and oxygen atoms in total. The van der Waals surface area contributed by atoms with Crippen LogP contribution in [-0.4, -0.2) is 6.61 Å². The smallest absolute Gasteiger partial charge is 0.119 e. The van der Waals surface area contributed by atoms with Gasteiger partial charge in [0.1, 0.15) is 5.75 Å². The van der Waals surface area contributed by atoms with E-state index in [0.29, 0.717) is 5.02 Å².